The molecule has 0 aromatic heterocycles. The van der Waals surface area contributed by atoms with Crippen molar-refractivity contribution in [2.24, 2.45) is 0 Å². The van der Waals surface area contributed by atoms with Crippen LogP contribution in [-0.2, 0) is 9.59 Å². The lowest BCUT2D eigenvalue weighted by Crippen LogP contribution is -2.20. The highest BCUT2D eigenvalue weighted by molar-refractivity contribution is 6.32. The minimum Gasteiger partial charge on any atom is -0.493 e. The molecule has 0 aliphatic rings. The fraction of sp³-hybridized carbons (Fsp3) is 0.179. The maximum atomic E-state index is 12.7. The molecule has 184 valence electrons. The molecule has 0 radical (unpaired) electrons. The molecule has 2 N–H and O–H groups in total. The van der Waals surface area contributed by atoms with Gasteiger partial charge in [-0.3, -0.25) is 9.59 Å². The number of aryl methyl sites for hydroxylation is 2. The number of hydrogen-bond donors (Lipinski definition) is 2. The van der Waals surface area contributed by atoms with Gasteiger partial charge in [0.2, 0.25) is 0 Å². The lowest BCUT2D eigenvalue weighted by atomic mass is 10.1. The Morgan fingerprint density at radius 2 is 1.81 bits per heavy atom. The summed E-state index contributed by atoms with van der Waals surface area (Å²) in [5.74, 6) is -0.481. The number of methoxy groups -OCH3 is 1. The SMILES string of the molecule is COc1cc(/C=C(\C#N)C(=O)Nc2cccc(C)c2C)cc(Cl)c1OCC(=O)Nc1cccc(C)c1. The van der Waals surface area contributed by atoms with E-state index in [2.05, 4.69) is 10.6 Å². The summed E-state index contributed by atoms with van der Waals surface area (Å²) >= 11 is 6.40. The number of nitrogens with zero attached hydrogens (tertiary/aromatic N) is 1. The van der Waals surface area contributed by atoms with Crippen molar-refractivity contribution < 1.29 is 19.1 Å². The molecular formula is C28H26ClN3O4. The molecule has 0 atom stereocenters. The summed E-state index contributed by atoms with van der Waals surface area (Å²) in [6.07, 6.45) is 1.41. The highest BCUT2D eigenvalue weighted by atomic mass is 35.5. The summed E-state index contributed by atoms with van der Waals surface area (Å²) in [4.78, 5) is 25.1. The van der Waals surface area contributed by atoms with E-state index in [9.17, 15) is 14.9 Å². The van der Waals surface area contributed by atoms with Gasteiger partial charge in [-0.2, -0.15) is 5.26 Å². The molecule has 0 bridgehead atoms. The van der Waals surface area contributed by atoms with Crippen LogP contribution in [-0.4, -0.2) is 25.5 Å². The van der Waals surface area contributed by atoms with Crippen molar-refractivity contribution in [1.82, 2.24) is 0 Å². The third-order valence-electron chi connectivity index (χ3n) is 5.43. The van der Waals surface area contributed by atoms with E-state index < -0.39 is 5.91 Å². The summed E-state index contributed by atoms with van der Waals surface area (Å²) in [7, 11) is 1.43. The Hall–Kier alpha value is -4.28. The highest BCUT2D eigenvalue weighted by Crippen LogP contribution is 2.37. The number of nitrogens with one attached hydrogen (secondary N) is 2. The third kappa shape index (κ3) is 6.65. The molecule has 3 aromatic rings. The smallest absolute Gasteiger partial charge is 0.266 e. The summed E-state index contributed by atoms with van der Waals surface area (Å²) in [6, 6.07) is 18.0. The van der Waals surface area contributed by atoms with E-state index in [-0.39, 0.29) is 34.6 Å². The average Bonchev–Trinajstić information content (AvgIpc) is 2.84. The van der Waals surface area contributed by atoms with Gasteiger partial charge in [-0.1, -0.05) is 35.9 Å². The molecule has 0 spiro atoms. The number of halogens is 1. The first kappa shape index (κ1) is 26.3. The fourth-order valence-electron chi connectivity index (χ4n) is 3.41. The number of ether oxygens (including phenoxy) is 2. The predicted octanol–water partition coefficient (Wildman–Crippen LogP) is 5.84. The minimum atomic E-state index is -0.547. The first-order valence-corrected chi connectivity index (χ1v) is 11.5. The molecule has 0 aliphatic heterocycles. The molecule has 3 rings (SSSR count). The first-order chi connectivity index (χ1) is 17.2. The van der Waals surface area contributed by atoms with E-state index in [1.807, 2.05) is 57.2 Å². The second-order valence-electron chi connectivity index (χ2n) is 8.11. The molecular weight excluding hydrogens is 478 g/mol. The fourth-order valence-corrected chi connectivity index (χ4v) is 3.69. The van der Waals surface area contributed by atoms with E-state index in [1.54, 1.807) is 18.2 Å². The first-order valence-electron chi connectivity index (χ1n) is 11.1. The maximum Gasteiger partial charge on any atom is 0.266 e. The number of amides is 2. The molecule has 0 fully saturated rings. The molecule has 2 amide bonds. The Morgan fingerprint density at radius 3 is 2.50 bits per heavy atom. The number of carbonyl (C=O) groups is 2. The second kappa shape index (κ2) is 11.9. The lowest BCUT2D eigenvalue weighted by molar-refractivity contribution is -0.118. The molecule has 0 heterocycles. The van der Waals surface area contributed by atoms with Gasteiger partial charge in [0.25, 0.3) is 11.8 Å². The van der Waals surface area contributed by atoms with Crippen LogP contribution in [0.25, 0.3) is 6.08 Å². The zero-order valence-electron chi connectivity index (χ0n) is 20.4. The monoisotopic (exact) mass is 503 g/mol. The molecule has 0 saturated carbocycles. The Bertz CT molecular complexity index is 1380. The van der Waals surface area contributed by atoms with E-state index in [0.717, 1.165) is 16.7 Å². The van der Waals surface area contributed by atoms with Crippen molar-refractivity contribution in [2.75, 3.05) is 24.4 Å². The number of nitriles is 1. The second-order valence-corrected chi connectivity index (χ2v) is 8.52. The van der Waals surface area contributed by atoms with Gasteiger partial charge in [0.15, 0.2) is 18.1 Å². The van der Waals surface area contributed by atoms with Crippen LogP contribution >= 0.6 is 11.6 Å². The molecule has 0 unspecified atom stereocenters. The van der Waals surface area contributed by atoms with Crippen LogP contribution in [0, 0.1) is 32.1 Å². The van der Waals surface area contributed by atoms with Gasteiger partial charge in [0.05, 0.1) is 12.1 Å². The molecule has 3 aromatic carbocycles. The van der Waals surface area contributed by atoms with Crippen molar-refractivity contribution in [3.63, 3.8) is 0 Å². The zero-order valence-corrected chi connectivity index (χ0v) is 21.2. The minimum absolute atomic E-state index is 0.111. The standard InChI is InChI=1S/C28H26ClN3O4/c1-17-7-5-9-22(11-17)31-26(33)16-36-27-23(29)13-20(14-25(27)35-4)12-21(15-30)28(34)32-24-10-6-8-18(2)19(24)3/h5-14H,16H2,1-4H3,(H,31,33)(H,32,34)/b21-12+. The largest absolute Gasteiger partial charge is 0.493 e. The Morgan fingerprint density at radius 1 is 1.06 bits per heavy atom. The molecule has 8 heteroatoms. The lowest BCUT2D eigenvalue weighted by Gasteiger charge is -2.14. The summed E-state index contributed by atoms with van der Waals surface area (Å²) in [6.45, 7) is 5.47. The number of anilines is 2. The van der Waals surface area contributed by atoms with Crippen LogP contribution in [0.1, 0.15) is 22.3 Å². The average molecular weight is 504 g/mol. The Balaban J connectivity index is 1.76. The highest BCUT2D eigenvalue weighted by Gasteiger charge is 2.16. The predicted molar refractivity (Wildman–Crippen MR) is 141 cm³/mol. The van der Waals surface area contributed by atoms with Crippen molar-refractivity contribution in [2.45, 2.75) is 20.8 Å². The summed E-state index contributed by atoms with van der Waals surface area (Å²) in [5.41, 5.74) is 4.59. The van der Waals surface area contributed by atoms with Gasteiger partial charge in [0, 0.05) is 11.4 Å². The number of benzene rings is 3. The van der Waals surface area contributed by atoms with Gasteiger partial charge in [-0.15, -0.1) is 0 Å². The van der Waals surface area contributed by atoms with Crippen molar-refractivity contribution in [1.29, 1.82) is 5.26 Å². The van der Waals surface area contributed by atoms with E-state index in [0.29, 0.717) is 16.9 Å². The van der Waals surface area contributed by atoms with Gasteiger partial charge >= 0.3 is 0 Å². The van der Waals surface area contributed by atoms with Crippen LogP contribution in [0.3, 0.4) is 0 Å². The normalized spacial score (nSPS) is 10.8. The van der Waals surface area contributed by atoms with Crippen LogP contribution in [0.2, 0.25) is 5.02 Å². The molecule has 36 heavy (non-hydrogen) atoms. The van der Waals surface area contributed by atoms with E-state index >= 15 is 0 Å². The molecule has 0 aliphatic carbocycles. The number of rotatable bonds is 8. The Kier molecular flexibility index (Phi) is 8.71. The van der Waals surface area contributed by atoms with Crippen molar-refractivity contribution >= 4 is 40.9 Å². The van der Waals surface area contributed by atoms with Gasteiger partial charge in [0.1, 0.15) is 11.6 Å². The van der Waals surface area contributed by atoms with Crippen molar-refractivity contribution in [3.8, 4) is 17.6 Å². The topological polar surface area (TPSA) is 100 Å². The van der Waals surface area contributed by atoms with E-state index in [4.69, 9.17) is 21.1 Å². The molecule has 0 saturated heterocycles. The van der Waals surface area contributed by atoms with Crippen LogP contribution in [0.15, 0.2) is 60.2 Å². The summed E-state index contributed by atoms with van der Waals surface area (Å²) < 4.78 is 11.0. The van der Waals surface area contributed by atoms with Crippen molar-refractivity contribution in [3.05, 3.63) is 87.4 Å². The number of hydrogen-bond acceptors (Lipinski definition) is 5. The number of carbonyl (C=O) groups excluding carboxylic acids is 2. The summed E-state index contributed by atoms with van der Waals surface area (Å²) in [5, 5.41) is 15.3. The quantitative estimate of drug-likeness (QED) is 0.297. The van der Waals surface area contributed by atoms with Crippen LogP contribution < -0.4 is 20.1 Å². The van der Waals surface area contributed by atoms with Gasteiger partial charge in [-0.25, -0.2) is 0 Å². The molecule has 7 nitrogen and oxygen atoms in total. The van der Waals surface area contributed by atoms with E-state index in [1.165, 1.54) is 19.3 Å². The zero-order chi connectivity index (χ0) is 26.2. The third-order valence-corrected chi connectivity index (χ3v) is 5.71. The van der Waals surface area contributed by atoms with Gasteiger partial charge < -0.3 is 20.1 Å². The van der Waals surface area contributed by atoms with Crippen LogP contribution in [0.5, 0.6) is 11.5 Å². The van der Waals surface area contributed by atoms with Crippen LogP contribution in [0.4, 0.5) is 11.4 Å². The maximum absolute atomic E-state index is 12.7. The van der Waals surface area contributed by atoms with Gasteiger partial charge in [-0.05, 0) is 79.4 Å². The Labute approximate surface area is 215 Å².